The fraction of sp³-hybridized carbons (Fsp3) is 0.600. The highest BCUT2D eigenvalue weighted by molar-refractivity contribution is 5.82. The van der Waals surface area contributed by atoms with Gasteiger partial charge in [0.05, 0.1) is 0 Å². The van der Waals surface area contributed by atoms with Gasteiger partial charge in [0.1, 0.15) is 11.6 Å². The third kappa shape index (κ3) is 3.12. The Morgan fingerprint density at radius 3 is 2.08 bits per heavy atom. The molecule has 3 aliphatic rings. The molecule has 5 nitrogen and oxygen atoms in total. The highest BCUT2D eigenvalue weighted by atomic mass is 16.6. The molecule has 0 aromatic heterocycles. The number of amides is 1. The van der Waals surface area contributed by atoms with Crippen LogP contribution in [0.4, 0.5) is 4.79 Å². The summed E-state index contributed by atoms with van der Waals surface area (Å²) in [6.45, 7) is 9.46. The van der Waals surface area contributed by atoms with Crippen molar-refractivity contribution in [2.75, 3.05) is 0 Å². The molecule has 2 N–H and O–H groups in total. The van der Waals surface area contributed by atoms with E-state index in [4.69, 9.17) is 4.74 Å². The SMILES string of the molecule is Cc1cc(C)cc(C23CC(C(NC(=O)OC(C)(C)C)C(=O)O)(C2)C3)c1. The van der Waals surface area contributed by atoms with Crippen LogP contribution in [0.15, 0.2) is 18.2 Å². The van der Waals surface area contributed by atoms with Gasteiger partial charge in [-0.1, -0.05) is 29.3 Å². The highest BCUT2D eigenvalue weighted by Gasteiger charge is 2.72. The van der Waals surface area contributed by atoms with E-state index < -0.39 is 23.7 Å². The number of carboxylic acid groups (broad SMARTS) is 1. The molecule has 1 unspecified atom stereocenters. The van der Waals surface area contributed by atoms with Gasteiger partial charge in [-0.3, -0.25) is 0 Å². The summed E-state index contributed by atoms with van der Waals surface area (Å²) in [5.74, 6) is -0.986. The fourth-order valence-electron chi connectivity index (χ4n) is 4.66. The van der Waals surface area contributed by atoms with Gasteiger partial charge >= 0.3 is 12.1 Å². The second-order valence-corrected chi connectivity index (χ2v) is 8.97. The van der Waals surface area contributed by atoms with Crippen LogP contribution in [-0.4, -0.2) is 28.8 Å². The summed E-state index contributed by atoms with van der Waals surface area (Å²) in [6, 6.07) is 5.66. The first-order valence-corrected chi connectivity index (χ1v) is 8.76. The zero-order valence-electron chi connectivity index (χ0n) is 15.6. The Labute approximate surface area is 148 Å². The fourth-order valence-corrected chi connectivity index (χ4v) is 4.66. The second kappa shape index (κ2) is 5.48. The third-order valence-corrected chi connectivity index (χ3v) is 5.43. The maximum atomic E-state index is 12.0. The summed E-state index contributed by atoms with van der Waals surface area (Å²) in [5.41, 5.74) is 2.85. The minimum Gasteiger partial charge on any atom is -0.480 e. The molecule has 1 aromatic rings. The van der Waals surface area contributed by atoms with Gasteiger partial charge in [-0.05, 0) is 64.9 Å². The Morgan fingerprint density at radius 2 is 1.64 bits per heavy atom. The number of ether oxygens (including phenoxy) is 1. The number of alkyl carbamates (subject to hydrolysis) is 1. The van der Waals surface area contributed by atoms with Crippen LogP contribution in [0.5, 0.6) is 0 Å². The van der Waals surface area contributed by atoms with Crippen LogP contribution in [0, 0.1) is 19.3 Å². The highest BCUT2D eigenvalue weighted by Crippen LogP contribution is 2.75. The van der Waals surface area contributed by atoms with Crippen molar-refractivity contribution in [2.24, 2.45) is 5.41 Å². The van der Waals surface area contributed by atoms with Gasteiger partial charge in [-0.25, -0.2) is 9.59 Å². The van der Waals surface area contributed by atoms with Gasteiger partial charge in [0, 0.05) is 5.41 Å². The van der Waals surface area contributed by atoms with Crippen LogP contribution in [0.1, 0.15) is 56.7 Å². The Balaban J connectivity index is 1.71. The van der Waals surface area contributed by atoms with Crippen molar-refractivity contribution >= 4 is 12.1 Å². The average Bonchev–Trinajstić information content (AvgIpc) is 2.30. The lowest BCUT2D eigenvalue weighted by molar-refractivity contribution is -0.183. The first-order chi connectivity index (χ1) is 11.4. The molecule has 0 radical (unpaired) electrons. The summed E-state index contributed by atoms with van der Waals surface area (Å²) >= 11 is 0. The summed E-state index contributed by atoms with van der Waals surface area (Å²) in [6.07, 6.45) is 1.74. The van der Waals surface area contributed by atoms with Crippen LogP contribution in [0.25, 0.3) is 0 Å². The van der Waals surface area contributed by atoms with Crippen molar-refractivity contribution in [3.63, 3.8) is 0 Å². The van der Waals surface area contributed by atoms with E-state index in [-0.39, 0.29) is 10.8 Å². The Bertz CT molecular complexity index is 692. The van der Waals surface area contributed by atoms with Crippen LogP contribution in [-0.2, 0) is 14.9 Å². The molecule has 3 saturated carbocycles. The third-order valence-electron chi connectivity index (χ3n) is 5.43. The Morgan fingerprint density at radius 1 is 1.12 bits per heavy atom. The van der Waals surface area contributed by atoms with Gasteiger partial charge in [-0.15, -0.1) is 0 Å². The molecular formula is C20H27NO4. The van der Waals surface area contributed by atoms with E-state index in [1.165, 1.54) is 16.7 Å². The molecule has 1 amide bonds. The quantitative estimate of drug-likeness (QED) is 0.872. The smallest absolute Gasteiger partial charge is 0.408 e. The Kier molecular flexibility index (Phi) is 3.90. The molecule has 0 saturated heterocycles. The number of carbonyl (C=O) groups is 2. The number of benzene rings is 1. The predicted molar refractivity (Wildman–Crippen MR) is 94.7 cm³/mol. The van der Waals surface area contributed by atoms with Crippen LogP contribution >= 0.6 is 0 Å². The standard InChI is InChI=1S/C20H27NO4/c1-12-6-13(2)8-14(7-12)19-9-20(10-19,11-19)15(16(22)23)21-17(24)25-18(3,4)5/h6-8,15H,9-11H2,1-5H3,(H,21,24)(H,22,23). The normalized spacial score (nSPS) is 28.4. The van der Waals surface area contributed by atoms with Crippen molar-refractivity contribution in [1.29, 1.82) is 0 Å². The number of hydrogen-bond donors (Lipinski definition) is 2. The molecule has 1 aromatic carbocycles. The van der Waals surface area contributed by atoms with E-state index in [0.717, 1.165) is 19.3 Å². The molecule has 4 rings (SSSR count). The first-order valence-electron chi connectivity index (χ1n) is 8.76. The molecule has 5 heteroatoms. The summed E-state index contributed by atoms with van der Waals surface area (Å²) in [7, 11) is 0. The minimum atomic E-state index is -0.986. The molecule has 0 aliphatic heterocycles. The predicted octanol–water partition coefficient (Wildman–Crippen LogP) is 3.70. The first kappa shape index (κ1) is 17.8. The summed E-state index contributed by atoms with van der Waals surface area (Å²) in [5, 5.41) is 12.2. The number of carbonyl (C=O) groups excluding carboxylic acids is 1. The van der Waals surface area contributed by atoms with E-state index in [9.17, 15) is 14.7 Å². The molecule has 2 bridgehead atoms. The summed E-state index contributed by atoms with van der Waals surface area (Å²) in [4.78, 5) is 23.8. The van der Waals surface area contributed by atoms with Gasteiger partial charge in [0.2, 0.25) is 0 Å². The van der Waals surface area contributed by atoms with Crippen molar-refractivity contribution < 1.29 is 19.4 Å². The molecule has 0 spiro atoms. The number of hydrogen-bond acceptors (Lipinski definition) is 3. The molecule has 25 heavy (non-hydrogen) atoms. The van der Waals surface area contributed by atoms with E-state index in [0.29, 0.717) is 0 Å². The zero-order chi connectivity index (χ0) is 18.6. The van der Waals surface area contributed by atoms with Gasteiger partial charge in [0.25, 0.3) is 0 Å². The van der Waals surface area contributed by atoms with Gasteiger partial charge in [-0.2, -0.15) is 0 Å². The lowest BCUT2D eigenvalue weighted by Crippen LogP contribution is -2.73. The van der Waals surface area contributed by atoms with Crippen molar-refractivity contribution in [2.45, 2.75) is 70.9 Å². The number of aryl methyl sites for hydroxylation is 2. The van der Waals surface area contributed by atoms with Crippen LogP contribution < -0.4 is 5.32 Å². The monoisotopic (exact) mass is 345 g/mol. The maximum absolute atomic E-state index is 12.0. The van der Waals surface area contributed by atoms with E-state index >= 15 is 0 Å². The lowest BCUT2D eigenvalue weighted by atomic mass is 9.31. The van der Waals surface area contributed by atoms with E-state index in [1.54, 1.807) is 20.8 Å². The summed E-state index contributed by atoms with van der Waals surface area (Å²) < 4.78 is 5.23. The number of nitrogens with one attached hydrogen (secondary N) is 1. The van der Waals surface area contributed by atoms with Crippen molar-refractivity contribution in [1.82, 2.24) is 5.32 Å². The molecular weight excluding hydrogens is 318 g/mol. The number of carboxylic acids is 1. The molecule has 136 valence electrons. The number of rotatable bonds is 4. The van der Waals surface area contributed by atoms with Gasteiger partial charge < -0.3 is 15.2 Å². The van der Waals surface area contributed by atoms with Crippen molar-refractivity contribution in [3.05, 3.63) is 34.9 Å². The average molecular weight is 345 g/mol. The number of aliphatic carboxylic acids is 1. The van der Waals surface area contributed by atoms with Gasteiger partial charge in [0.15, 0.2) is 0 Å². The molecule has 1 atom stereocenters. The second-order valence-electron chi connectivity index (χ2n) is 8.97. The van der Waals surface area contributed by atoms with Crippen LogP contribution in [0.2, 0.25) is 0 Å². The molecule has 3 aliphatic carbocycles. The topological polar surface area (TPSA) is 75.6 Å². The van der Waals surface area contributed by atoms with E-state index in [1.807, 2.05) is 0 Å². The molecule has 0 heterocycles. The largest absolute Gasteiger partial charge is 0.480 e. The zero-order valence-corrected chi connectivity index (χ0v) is 15.6. The Hall–Kier alpha value is -2.04. The van der Waals surface area contributed by atoms with Crippen LogP contribution in [0.3, 0.4) is 0 Å². The van der Waals surface area contributed by atoms with Crippen molar-refractivity contribution in [3.8, 4) is 0 Å². The lowest BCUT2D eigenvalue weighted by Gasteiger charge is -2.72. The maximum Gasteiger partial charge on any atom is 0.408 e. The molecule has 3 fully saturated rings. The van der Waals surface area contributed by atoms with E-state index in [2.05, 4.69) is 37.4 Å². The minimum absolute atomic E-state index is 0.0834.